The summed E-state index contributed by atoms with van der Waals surface area (Å²) in [6.45, 7) is -0.0480. The summed E-state index contributed by atoms with van der Waals surface area (Å²) >= 11 is 1.25. The number of carbonyl (C=O) groups excluding carboxylic acids is 1. The lowest BCUT2D eigenvalue weighted by Crippen LogP contribution is -2.26. The monoisotopic (exact) mass is 256 g/mol. The van der Waals surface area contributed by atoms with Crippen LogP contribution in [0.4, 0.5) is 5.69 Å². The second-order valence-electron chi connectivity index (χ2n) is 3.12. The molecule has 0 aromatic heterocycles. The van der Waals surface area contributed by atoms with E-state index in [1.54, 1.807) is 6.26 Å². The average Bonchev–Trinajstić information content (AvgIpc) is 2.34. The molecule has 0 saturated heterocycles. The van der Waals surface area contributed by atoms with E-state index in [2.05, 4.69) is 5.32 Å². The molecule has 0 atom stereocenters. The third-order valence-corrected chi connectivity index (χ3v) is 2.82. The second-order valence-corrected chi connectivity index (χ2v) is 3.97. The highest BCUT2D eigenvalue weighted by Gasteiger charge is 2.16. The Bertz CT molecular complexity index is 436. The highest BCUT2D eigenvalue weighted by Crippen LogP contribution is 2.28. The summed E-state index contributed by atoms with van der Waals surface area (Å²) in [5, 5.41) is 21.8. The van der Waals surface area contributed by atoms with Crippen molar-refractivity contribution in [2.75, 3.05) is 19.4 Å². The predicted octanol–water partition coefficient (Wildman–Crippen LogP) is 1.04. The maximum absolute atomic E-state index is 11.5. The number of benzene rings is 1. The number of hydrogen-bond acceptors (Lipinski definition) is 5. The van der Waals surface area contributed by atoms with E-state index in [0.29, 0.717) is 4.90 Å². The van der Waals surface area contributed by atoms with E-state index in [9.17, 15) is 14.9 Å². The number of carbonyl (C=O) groups is 1. The lowest BCUT2D eigenvalue weighted by Gasteiger charge is -2.04. The molecule has 2 N–H and O–H groups in total. The Morgan fingerprint density at radius 2 is 2.29 bits per heavy atom. The summed E-state index contributed by atoms with van der Waals surface area (Å²) in [6.07, 6.45) is 1.73. The van der Waals surface area contributed by atoms with Crippen LogP contribution in [-0.2, 0) is 0 Å². The molecule has 0 heterocycles. The van der Waals surface area contributed by atoms with Gasteiger partial charge in [0.25, 0.3) is 11.6 Å². The Labute approximate surface area is 102 Å². The lowest BCUT2D eigenvalue weighted by molar-refractivity contribution is -0.387. The van der Waals surface area contributed by atoms with Gasteiger partial charge in [-0.25, -0.2) is 0 Å². The topological polar surface area (TPSA) is 92.5 Å². The van der Waals surface area contributed by atoms with Crippen molar-refractivity contribution in [1.29, 1.82) is 0 Å². The molecule has 0 aliphatic heterocycles. The number of rotatable bonds is 5. The lowest BCUT2D eigenvalue weighted by atomic mass is 10.2. The first-order chi connectivity index (χ1) is 8.10. The van der Waals surface area contributed by atoms with Crippen LogP contribution in [0, 0.1) is 10.1 Å². The van der Waals surface area contributed by atoms with Crippen LogP contribution in [0.15, 0.2) is 23.1 Å². The fourth-order valence-electron chi connectivity index (χ4n) is 1.25. The molecule has 0 fully saturated rings. The van der Waals surface area contributed by atoms with Crippen LogP contribution in [0.5, 0.6) is 0 Å². The summed E-state index contributed by atoms with van der Waals surface area (Å²) in [4.78, 5) is 22.3. The van der Waals surface area contributed by atoms with E-state index in [0.717, 1.165) is 0 Å². The third kappa shape index (κ3) is 3.43. The van der Waals surface area contributed by atoms with Gasteiger partial charge in [0.1, 0.15) is 0 Å². The molecule has 1 amide bonds. The van der Waals surface area contributed by atoms with Crippen molar-refractivity contribution in [2.45, 2.75) is 4.90 Å². The number of nitrogens with zero attached hydrogens (tertiary/aromatic N) is 1. The van der Waals surface area contributed by atoms with Gasteiger partial charge in [0.05, 0.1) is 16.4 Å². The first kappa shape index (κ1) is 13.5. The zero-order valence-electron chi connectivity index (χ0n) is 9.17. The number of nitrogens with one attached hydrogen (secondary N) is 1. The van der Waals surface area contributed by atoms with Gasteiger partial charge in [0.15, 0.2) is 0 Å². The molecule has 0 aliphatic rings. The number of amides is 1. The molecule has 0 radical (unpaired) electrons. The Balaban J connectivity index is 2.99. The van der Waals surface area contributed by atoms with Gasteiger partial charge in [0, 0.05) is 18.2 Å². The molecule has 1 rings (SSSR count). The summed E-state index contributed by atoms with van der Waals surface area (Å²) in [6, 6.07) is 4.29. The van der Waals surface area contributed by atoms with Gasteiger partial charge in [-0.3, -0.25) is 14.9 Å². The van der Waals surface area contributed by atoms with Gasteiger partial charge in [-0.1, -0.05) is 0 Å². The van der Waals surface area contributed by atoms with Gasteiger partial charge >= 0.3 is 0 Å². The van der Waals surface area contributed by atoms with E-state index in [1.807, 2.05) is 0 Å². The minimum absolute atomic E-state index is 0.0888. The molecular weight excluding hydrogens is 244 g/mol. The summed E-state index contributed by atoms with van der Waals surface area (Å²) in [7, 11) is 0. The molecule has 92 valence electrons. The smallest absolute Gasteiger partial charge is 0.283 e. The molecule has 7 heteroatoms. The molecule has 6 nitrogen and oxygen atoms in total. The van der Waals surface area contributed by atoms with Crippen molar-refractivity contribution in [3.05, 3.63) is 33.9 Å². The van der Waals surface area contributed by atoms with Crippen LogP contribution in [0.3, 0.4) is 0 Å². The zero-order chi connectivity index (χ0) is 12.8. The predicted molar refractivity (Wildman–Crippen MR) is 64.3 cm³/mol. The highest BCUT2D eigenvalue weighted by atomic mass is 32.2. The fraction of sp³-hybridized carbons (Fsp3) is 0.300. The van der Waals surface area contributed by atoms with Crippen LogP contribution in [-0.4, -0.2) is 35.3 Å². The highest BCUT2D eigenvalue weighted by molar-refractivity contribution is 7.98. The van der Waals surface area contributed by atoms with Crippen molar-refractivity contribution >= 4 is 23.4 Å². The fourth-order valence-corrected chi connectivity index (χ4v) is 1.79. The average molecular weight is 256 g/mol. The molecule has 17 heavy (non-hydrogen) atoms. The standard InChI is InChI=1S/C10H12N2O4S/c1-17-9-3-2-7(6-8(9)12(15)16)10(14)11-4-5-13/h2-3,6,13H,4-5H2,1H3,(H,11,14). The molecule has 1 aromatic carbocycles. The number of hydrogen-bond donors (Lipinski definition) is 2. The largest absolute Gasteiger partial charge is 0.395 e. The van der Waals surface area contributed by atoms with E-state index in [-0.39, 0.29) is 24.4 Å². The number of thioether (sulfide) groups is 1. The molecular formula is C10H12N2O4S. The molecule has 0 saturated carbocycles. The van der Waals surface area contributed by atoms with E-state index in [4.69, 9.17) is 5.11 Å². The van der Waals surface area contributed by atoms with E-state index in [1.165, 1.54) is 30.0 Å². The molecule has 0 unspecified atom stereocenters. The van der Waals surface area contributed by atoms with Crippen LogP contribution in [0.1, 0.15) is 10.4 Å². The van der Waals surface area contributed by atoms with Gasteiger partial charge in [-0.05, 0) is 18.4 Å². The maximum atomic E-state index is 11.5. The Morgan fingerprint density at radius 1 is 1.59 bits per heavy atom. The van der Waals surface area contributed by atoms with Crippen molar-refractivity contribution in [2.24, 2.45) is 0 Å². The number of aliphatic hydroxyl groups excluding tert-OH is 1. The molecule has 0 aliphatic carbocycles. The van der Waals surface area contributed by atoms with E-state index >= 15 is 0 Å². The third-order valence-electron chi connectivity index (χ3n) is 2.04. The molecule has 0 spiro atoms. The van der Waals surface area contributed by atoms with Crippen molar-refractivity contribution in [1.82, 2.24) is 5.32 Å². The van der Waals surface area contributed by atoms with Crippen molar-refractivity contribution < 1.29 is 14.8 Å². The Morgan fingerprint density at radius 3 is 2.82 bits per heavy atom. The minimum Gasteiger partial charge on any atom is -0.395 e. The molecule has 1 aromatic rings. The van der Waals surface area contributed by atoms with Gasteiger partial charge in [-0.2, -0.15) is 0 Å². The van der Waals surface area contributed by atoms with Gasteiger partial charge in [-0.15, -0.1) is 11.8 Å². The first-order valence-corrected chi connectivity index (χ1v) is 6.04. The number of nitro benzene ring substituents is 1. The Kier molecular flexibility index (Phi) is 4.92. The zero-order valence-corrected chi connectivity index (χ0v) is 9.99. The number of aliphatic hydroxyl groups is 1. The maximum Gasteiger partial charge on any atom is 0.283 e. The van der Waals surface area contributed by atoms with Crippen LogP contribution >= 0.6 is 11.8 Å². The second kappa shape index (κ2) is 6.21. The first-order valence-electron chi connectivity index (χ1n) is 4.81. The Hall–Kier alpha value is -1.60. The van der Waals surface area contributed by atoms with E-state index < -0.39 is 10.8 Å². The number of nitro groups is 1. The van der Waals surface area contributed by atoms with Crippen molar-refractivity contribution in [3.8, 4) is 0 Å². The summed E-state index contributed by atoms with van der Waals surface area (Å²) < 4.78 is 0. The summed E-state index contributed by atoms with van der Waals surface area (Å²) in [5.74, 6) is -0.435. The van der Waals surface area contributed by atoms with Gasteiger partial charge < -0.3 is 10.4 Å². The quantitative estimate of drug-likeness (QED) is 0.466. The van der Waals surface area contributed by atoms with Crippen molar-refractivity contribution in [3.63, 3.8) is 0 Å². The summed E-state index contributed by atoms with van der Waals surface area (Å²) in [5.41, 5.74) is 0.122. The molecule has 0 bridgehead atoms. The van der Waals surface area contributed by atoms with Crippen LogP contribution in [0.2, 0.25) is 0 Å². The van der Waals surface area contributed by atoms with Crippen LogP contribution in [0.25, 0.3) is 0 Å². The van der Waals surface area contributed by atoms with Crippen LogP contribution < -0.4 is 5.32 Å². The van der Waals surface area contributed by atoms with Gasteiger partial charge in [0.2, 0.25) is 0 Å². The minimum atomic E-state index is -0.519. The SMILES string of the molecule is CSc1ccc(C(=O)NCCO)cc1[N+](=O)[O-]. The normalized spacial score (nSPS) is 10.0.